The highest BCUT2D eigenvalue weighted by Gasteiger charge is 2.35. The minimum absolute atomic E-state index is 0.242. The zero-order valence-electron chi connectivity index (χ0n) is 11.0. The van der Waals surface area contributed by atoms with E-state index in [0.29, 0.717) is 4.90 Å². The van der Waals surface area contributed by atoms with Crippen molar-refractivity contribution in [2.24, 2.45) is 0 Å². The number of hydrogen-bond donors (Lipinski definition) is 2. The Hall–Kier alpha value is -2.08. The number of carboxylic acid groups (broad SMARTS) is 2. The van der Waals surface area contributed by atoms with Crippen molar-refractivity contribution >= 4 is 17.7 Å². The lowest BCUT2D eigenvalue weighted by Gasteiger charge is -2.31. The molecule has 0 heterocycles. The molecule has 2 N–H and O–H groups in total. The molecule has 1 rings (SSSR count). The van der Waals surface area contributed by atoms with Crippen molar-refractivity contribution in [1.29, 1.82) is 0 Å². The van der Waals surface area contributed by atoms with Crippen molar-refractivity contribution < 1.29 is 24.5 Å². The normalized spacial score (nSPS) is 12.8. The highest BCUT2D eigenvalue weighted by Crippen LogP contribution is 2.21. The standard InChI is InChI=1S/C13H17NO5/c1-13(2,3)19-10(11(15)16)14(12(17)18)9-7-5-4-6-8-9/h4-8,10H,1-3H3,(H,15,16)(H,17,18). The lowest BCUT2D eigenvalue weighted by Crippen LogP contribution is -2.49. The van der Waals surface area contributed by atoms with Crippen molar-refractivity contribution in [3.63, 3.8) is 0 Å². The van der Waals surface area contributed by atoms with E-state index >= 15 is 0 Å². The first-order valence-electron chi connectivity index (χ1n) is 5.70. The van der Waals surface area contributed by atoms with Crippen LogP contribution >= 0.6 is 0 Å². The van der Waals surface area contributed by atoms with Gasteiger partial charge in [-0.05, 0) is 32.9 Å². The molecule has 0 spiro atoms. The predicted octanol–water partition coefficient (Wildman–Crippen LogP) is 2.40. The van der Waals surface area contributed by atoms with Crippen LogP contribution in [-0.2, 0) is 9.53 Å². The fourth-order valence-corrected chi connectivity index (χ4v) is 1.48. The highest BCUT2D eigenvalue weighted by molar-refractivity contribution is 5.93. The van der Waals surface area contributed by atoms with Crippen LogP contribution in [0.1, 0.15) is 20.8 Å². The van der Waals surface area contributed by atoms with E-state index in [-0.39, 0.29) is 5.69 Å². The molecule has 0 bridgehead atoms. The Morgan fingerprint density at radius 3 is 2.05 bits per heavy atom. The molecule has 19 heavy (non-hydrogen) atoms. The van der Waals surface area contributed by atoms with Crippen molar-refractivity contribution in [2.75, 3.05) is 4.90 Å². The SMILES string of the molecule is CC(C)(C)OC(C(=O)O)N(C(=O)O)c1ccccc1. The Balaban J connectivity index is 3.14. The van der Waals surface area contributed by atoms with E-state index in [1.807, 2.05) is 0 Å². The summed E-state index contributed by atoms with van der Waals surface area (Å²) in [6.07, 6.45) is -2.98. The van der Waals surface area contributed by atoms with Gasteiger partial charge in [0.1, 0.15) is 0 Å². The molecule has 0 aliphatic rings. The van der Waals surface area contributed by atoms with E-state index in [2.05, 4.69) is 0 Å². The first-order valence-corrected chi connectivity index (χ1v) is 5.70. The number of amides is 1. The molecule has 1 aromatic carbocycles. The smallest absolute Gasteiger partial charge is 0.414 e. The third-order valence-corrected chi connectivity index (χ3v) is 2.15. The van der Waals surface area contributed by atoms with Crippen LogP contribution in [0.2, 0.25) is 0 Å². The maximum Gasteiger partial charge on any atom is 0.414 e. The van der Waals surface area contributed by atoms with Crippen molar-refractivity contribution in [2.45, 2.75) is 32.6 Å². The summed E-state index contributed by atoms with van der Waals surface area (Å²) in [5, 5.41) is 18.4. The number of anilines is 1. The van der Waals surface area contributed by atoms with E-state index in [4.69, 9.17) is 4.74 Å². The molecule has 6 nitrogen and oxygen atoms in total. The van der Waals surface area contributed by atoms with Gasteiger partial charge in [0.05, 0.1) is 11.3 Å². The lowest BCUT2D eigenvalue weighted by atomic mass is 10.2. The predicted molar refractivity (Wildman–Crippen MR) is 69.2 cm³/mol. The minimum Gasteiger partial charge on any atom is -0.478 e. The van der Waals surface area contributed by atoms with Gasteiger partial charge < -0.3 is 14.9 Å². The molecule has 0 aromatic heterocycles. The van der Waals surface area contributed by atoms with Gasteiger partial charge in [-0.25, -0.2) is 14.5 Å². The second kappa shape index (κ2) is 5.71. The zero-order chi connectivity index (χ0) is 14.6. The molecule has 1 amide bonds. The maximum absolute atomic E-state index is 11.3. The summed E-state index contributed by atoms with van der Waals surface area (Å²) in [6.45, 7) is 4.98. The average Bonchev–Trinajstić information content (AvgIpc) is 2.27. The number of aliphatic carboxylic acids is 1. The summed E-state index contributed by atoms with van der Waals surface area (Å²) in [4.78, 5) is 23.3. The molecule has 0 aliphatic heterocycles. The molecule has 1 atom stereocenters. The van der Waals surface area contributed by atoms with Crippen LogP contribution in [0.4, 0.5) is 10.5 Å². The molecule has 1 unspecified atom stereocenters. The largest absolute Gasteiger partial charge is 0.478 e. The Morgan fingerprint density at radius 2 is 1.68 bits per heavy atom. The monoisotopic (exact) mass is 267 g/mol. The van der Waals surface area contributed by atoms with Gasteiger partial charge in [0, 0.05) is 0 Å². The number of carbonyl (C=O) groups is 2. The van der Waals surface area contributed by atoms with Crippen LogP contribution in [0.25, 0.3) is 0 Å². The number of para-hydroxylation sites is 1. The molecule has 0 radical (unpaired) electrons. The number of rotatable bonds is 4. The zero-order valence-corrected chi connectivity index (χ0v) is 11.0. The second-order valence-corrected chi connectivity index (χ2v) is 4.91. The van der Waals surface area contributed by atoms with Gasteiger partial charge in [0.25, 0.3) is 0 Å². The first kappa shape index (κ1) is 15.0. The van der Waals surface area contributed by atoms with Crippen molar-refractivity contribution in [3.8, 4) is 0 Å². The number of ether oxygens (including phenoxy) is 1. The quantitative estimate of drug-likeness (QED) is 0.818. The number of nitrogens with zero attached hydrogens (tertiary/aromatic N) is 1. The number of hydrogen-bond acceptors (Lipinski definition) is 3. The fraction of sp³-hybridized carbons (Fsp3) is 0.385. The highest BCUT2D eigenvalue weighted by atomic mass is 16.6. The summed E-state index contributed by atoms with van der Waals surface area (Å²) >= 11 is 0. The van der Waals surface area contributed by atoms with Gasteiger partial charge in [-0.2, -0.15) is 0 Å². The Labute approximate surface area is 111 Å². The summed E-state index contributed by atoms with van der Waals surface area (Å²) in [5.41, 5.74) is -0.544. The fourth-order valence-electron chi connectivity index (χ4n) is 1.48. The number of benzene rings is 1. The van der Waals surface area contributed by atoms with Gasteiger partial charge in [0.2, 0.25) is 6.23 Å². The van der Waals surface area contributed by atoms with Gasteiger partial charge in [-0.3, -0.25) is 0 Å². The van der Waals surface area contributed by atoms with Crippen molar-refractivity contribution in [3.05, 3.63) is 30.3 Å². The van der Waals surface area contributed by atoms with Gasteiger partial charge in [-0.15, -0.1) is 0 Å². The summed E-state index contributed by atoms with van der Waals surface area (Å²) in [6, 6.07) is 7.98. The van der Waals surface area contributed by atoms with Crippen LogP contribution in [0.3, 0.4) is 0 Å². The number of carboxylic acids is 1. The van der Waals surface area contributed by atoms with E-state index in [1.165, 1.54) is 12.1 Å². The minimum atomic E-state index is -1.60. The summed E-state index contributed by atoms with van der Waals surface area (Å²) < 4.78 is 5.32. The van der Waals surface area contributed by atoms with Gasteiger partial charge in [-0.1, -0.05) is 18.2 Å². The van der Waals surface area contributed by atoms with E-state index < -0.39 is 23.9 Å². The lowest BCUT2D eigenvalue weighted by molar-refractivity contribution is -0.159. The Morgan fingerprint density at radius 1 is 1.16 bits per heavy atom. The average molecular weight is 267 g/mol. The molecule has 0 aliphatic carbocycles. The third kappa shape index (κ3) is 4.26. The van der Waals surface area contributed by atoms with Crippen LogP contribution in [0.15, 0.2) is 30.3 Å². The Bertz CT molecular complexity index is 452. The van der Waals surface area contributed by atoms with E-state index in [0.717, 1.165) is 0 Å². The van der Waals surface area contributed by atoms with Crippen LogP contribution < -0.4 is 4.90 Å². The molecule has 0 saturated carbocycles. The van der Waals surface area contributed by atoms with Gasteiger partial charge in [0.15, 0.2) is 0 Å². The Kier molecular flexibility index (Phi) is 4.50. The summed E-state index contributed by atoms with van der Waals surface area (Å²) in [5.74, 6) is -1.36. The van der Waals surface area contributed by atoms with E-state index in [1.54, 1.807) is 39.0 Å². The topological polar surface area (TPSA) is 87.1 Å². The molecule has 0 saturated heterocycles. The molecular formula is C13H17NO5. The second-order valence-electron chi connectivity index (χ2n) is 4.91. The molecular weight excluding hydrogens is 250 g/mol. The van der Waals surface area contributed by atoms with E-state index in [9.17, 15) is 19.8 Å². The van der Waals surface area contributed by atoms with Crippen LogP contribution in [0.5, 0.6) is 0 Å². The van der Waals surface area contributed by atoms with Crippen molar-refractivity contribution in [1.82, 2.24) is 0 Å². The van der Waals surface area contributed by atoms with Gasteiger partial charge >= 0.3 is 12.1 Å². The van der Waals surface area contributed by atoms with Crippen LogP contribution in [0, 0.1) is 0 Å². The molecule has 6 heteroatoms. The van der Waals surface area contributed by atoms with Crippen LogP contribution in [-0.4, -0.2) is 34.1 Å². The molecule has 1 aromatic rings. The maximum atomic E-state index is 11.3. The molecule has 0 fully saturated rings. The summed E-state index contributed by atoms with van der Waals surface area (Å²) in [7, 11) is 0. The first-order chi connectivity index (χ1) is 8.72. The molecule has 104 valence electrons. The third-order valence-electron chi connectivity index (χ3n) is 2.15.